The molecule has 0 radical (unpaired) electrons. The average Bonchev–Trinajstić information content (AvgIpc) is 2.90. The molecule has 0 atom stereocenters. The number of carbonyl (C=O) groups is 1. The Labute approximate surface area is 203 Å². The van der Waals surface area contributed by atoms with Gasteiger partial charge in [-0.25, -0.2) is 0 Å². The zero-order valence-electron chi connectivity index (χ0n) is 20.1. The lowest BCUT2D eigenvalue weighted by Crippen LogP contribution is -2.42. The number of amides is 1. The van der Waals surface area contributed by atoms with Gasteiger partial charge in [-0.05, 0) is 37.1 Å². The number of hydrogen-bond acceptors (Lipinski definition) is 6. The number of methoxy groups -OCH3 is 2. The summed E-state index contributed by atoms with van der Waals surface area (Å²) in [6.45, 7) is 1.18. The predicted octanol–water partition coefficient (Wildman–Crippen LogP) is 4.29. The van der Waals surface area contributed by atoms with Crippen molar-refractivity contribution in [2.75, 3.05) is 27.4 Å². The van der Waals surface area contributed by atoms with Crippen LogP contribution in [0.1, 0.15) is 48.0 Å². The van der Waals surface area contributed by atoms with Crippen molar-refractivity contribution >= 4 is 16.8 Å². The largest absolute Gasteiger partial charge is 0.497 e. The molecule has 0 bridgehead atoms. The molecular formula is C27H30N2O6. The van der Waals surface area contributed by atoms with E-state index in [0.717, 1.165) is 37.5 Å². The van der Waals surface area contributed by atoms with Crippen LogP contribution < -0.4 is 24.5 Å². The first kappa shape index (κ1) is 23.1. The summed E-state index contributed by atoms with van der Waals surface area (Å²) >= 11 is 0. The fourth-order valence-electron chi connectivity index (χ4n) is 4.95. The summed E-state index contributed by atoms with van der Waals surface area (Å²) in [5.74, 6) is 2.23. The first-order valence-electron chi connectivity index (χ1n) is 12.1. The summed E-state index contributed by atoms with van der Waals surface area (Å²) in [5, 5.41) is 0.836. The second kappa shape index (κ2) is 9.90. The van der Waals surface area contributed by atoms with Crippen LogP contribution in [0.25, 0.3) is 10.9 Å². The number of ether oxygens (including phenoxy) is 4. The van der Waals surface area contributed by atoms with Gasteiger partial charge in [0, 0.05) is 34.7 Å². The molecule has 2 aromatic carbocycles. The third kappa shape index (κ3) is 4.78. The van der Waals surface area contributed by atoms with Crippen LogP contribution in [0.2, 0.25) is 0 Å². The smallest absolute Gasteiger partial charge is 0.254 e. The van der Waals surface area contributed by atoms with Crippen LogP contribution >= 0.6 is 0 Å². The molecule has 1 N–H and O–H groups in total. The first-order valence-corrected chi connectivity index (χ1v) is 12.1. The van der Waals surface area contributed by atoms with E-state index in [0.29, 0.717) is 52.9 Å². The van der Waals surface area contributed by atoms with Crippen molar-refractivity contribution in [3.05, 3.63) is 57.9 Å². The second-order valence-electron chi connectivity index (χ2n) is 9.03. The summed E-state index contributed by atoms with van der Waals surface area (Å²) in [5.41, 5.74) is 1.47. The van der Waals surface area contributed by atoms with Crippen molar-refractivity contribution in [1.82, 2.24) is 9.88 Å². The minimum absolute atomic E-state index is 0.0591. The molecule has 0 unspecified atom stereocenters. The molecule has 2 aliphatic rings. The molecule has 0 spiro atoms. The van der Waals surface area contributed by atoms with Crippen molar-refractivity contribution in [1.29, 1.82) is 0 Å². The summed E-state index contributed by atoms with van der Waals surface area (Å²) in [6.07, 6.45) is 5.12. The second-order valence-corrected chi connectivity index (χ2v) is 9.03. The Hall–Kier alpha value is -3.68. The van der Waals surface area contributed by atoms with Crippen LogP contribution in [-0.2, 0) is 6.54 Å². The molecule has 2 heterocycles. The highest BCUT2D eigenvalue weighted by atomic mass is 16.6. The first-order chi connectivity index (χ1) is 17.1. The van der Waals surface area contributed by atoms with Gasteiger partial charge in [0.15, 0.2) is 11.5 Å². The van der Waals surface area contributed by atoms with E-state index in [-0.39, 0.29) is 24.1 Å². The van der Waals surface area contributed by atoms with E-state index in [1.165, 1.54) is 0 Å². The lowest BCUT2D eigenvalue weighted by molar-refractivity contribution is 0.0612. The Morgan fingerprint density at radius 2 is 1.60 bits per heavy atom. The highest BCUT2D eigenvalue weighted by Gasteiger charge is 2.28. The van der Waals surface area contributed by atoms with Crippen molar-refractivity contribution in [2.24, 2.45) is 0 Å². The summed E-state index contributed by atoms with van der Waals surface area (Å²) in [6, 6.07) is 10.8. The van der Waals surface area contributed by atoms with Crippen LogP contribution in [0.5, 0.6) is 23.0 Å². The molecule has 1 aliphatic heterocycles. The van der Waals surface area contributed by atoms with Gasteiger partial charge in [-0.15, -0.1) is 0 Å². The van der Waals surface area contributed by atoms with Crippen LogP contribution in [0.4, 0.5) is 0 Å². The number of carbonyl (C=O) groups excluding carboxylic acids is 1. The topological polar surface area (TPSA) is 90.1 Å². The van der Waals surface area contributed by atoms with Crippen LogP contribution in [0.3, 0.4) is 0 Å². The van der Waals surface area contributed by atoms with Crippen molar-refractivity contribution < 1.29 is 23.7 Å². The maximum absolute atomic E-state index is 13.8. The van der Waals surface area contributed by atoms with Crippen LogP contribution in [0, 0.1) is 0 Å². The third-order valence-corrected chi connectivity index (χ3v) is 6.80. The number of rotatable bonds is 6. The molecule has 35 heavy (non-hydrogen) atoms. The van der Waals surface area contributed by atoms with E-state index in [2.05, 4.69) is 4.98 Å². The predicted molar refractivity (Wildman–Crippen MR) is 132 cm³/mol. The molecule has 8 heteroatoms. The number of aromatic amines is 1. The van der Waals surface area contributed by atoms with E-state index < -0.39 is 0 Å². The average molecular weight is 479 g/mol. The van der Waals surface area contributed by atoms with Gasteiger partial charge >= 0.3 is 0 Å². The summed E-state index contributed by atoms with van der Waals surface area (Å²) in [4.78, 5) is 31.7. The van der Waals surface area contributed by atoms with Gasteiger partial charge in [-0.2, -0.15) is 0 Å². The number of aromatic nitrogens is 1. The summed E-state index contributed by atoms with van der Waals surface area (Å²) < 4.78 is 22.1. The van der Waals surface area contributed by atoms with Crippen molar-refractivity contribution in [3.63, 3.8) is 0 Å². The fraction of sp³-hybridized carbons (Fsp3) is 0.407. The van der Waals surface area contributed by atoms with E-state index >= 15 is 0 Å². The SMILES string of the molecule is COc1cc(OC)cc(C(=O)N(Cc2cc3cc4c(cc3[nH]c2=O)OCCO4)C2CCCCC2)c1. The van der Waals surface area contributed by atoms with Gasteiger partial charge in [0.25, 0.3) is 11.5 Å². The van der Waals surface area contributed by atoms with E-state index in [4.69, 9.17) is 18.9 Å². The molecule has 1 amide bonds. The number of hydrogen-bond donors (Lipinski definition) is 1. The number of fused-ring (bicyclic) bond motifs is 2. The minimum Gasteiger partial charge on any atom is -0.497 e. The number of nitrogens with one attached hydrogen (secondary N) is 1. The van der Waals surface area contributed by atoms with Gasteiger partial charge in [0.2, 0.25) is 0 Å². The number of benzene rings is 2. The minimum atomic E-state index is -0.217. The molecule has 3 aromatic rings. The van der Waals surface area contributed by atoms with Gasteiger partial charge in [0.1, 0.15) is 24.7 Å². The summed E-state index contributed by atoms with van der Waals surface area (Å²) in [7, 11) is 3.12. The molecule has 8 nitrogen and oxygen atoms in total. The van der Waals surface area contributed by atoms with Crippen LogP contribution in [-0.4, -0.2) is 49.3 Å². The van der Waals surface area contributed by atoms with Crippen LogP contribution in [0.15, 0.2) is 41.2 Å². The third-order valence-electron chi connectivity index (χ3n) is 6.80. The molecule has 5 rings (SSSR count). The number of H-pyrrole nitrogens is 1. The molecule has 1 aromatic heterocycles. The van der Waals surface area contributed by atoms with Gasteiger partial charge in [0.05, 0.1) is 26.3 Å². The van der Waals surface area contributed by atoms with Crippen molar-refractivity contribution in [2.45, 2.75) is 44.7 Å². The van der Waals surface area contributed by atoms with E-state index in [9.17, 15) is 9.59 Å². The molecular weight excluding hydrogens is 448 g/mol. The standard InChI is InChI=1S/C27H30N2O6/c1-32-21-11-18(12-22(14-21)33-2)27(31)29(20-6-4-3-5-7-20)16-19-10-17-13-24-25(35-9-8-34-24)15-23(17)28-26(19)30/h10-15,20H,3-9,16H2,1-2H3,(H,28,30). The lowest BCUT2D eigenvalue weighted by Gasteiger charge is -2.34. The zero-order chi connectivity index (χ0) is 24.4. The lowest BCUT2D eigenvalue weighted by atomic mass is 9.93. The van der Waals surface area contributed by atoms with Crippen molar-refractivity contribution in [3.8, 4) is 23.0 Å². The molecule has 184 valence electrons. The Morgan fingerprint density at radius 3 is 2.26 bits per heavy atom. The maximum Gasteiger partial charge on any atom is 0.254 e. The number of nitrogens with zero attached hydrogens (tertiary/aromatic N) is 1. The van der Waals surface area contributed by atoms with E-state index in [1.54, 1.807) is 38.5 Å². The zero-order valence-corrected chi connectivity index (χ0v) is 20.1. The highest BCUT2D eigenvalue weighted by Crippen LogP contribution is 2.34. The van der Waals surface area contributed by atoms with Gasteiger partial charge in [-0.3, -0.25) is 9.59 Å². The molecule has 1 aliphatic carbocycles. The monoisotopic (exact) mass is 478 g/mol. The quantitative estimate of drug-likeness (QED) is 0.569. The van der Waals surface area contributed by atoms with E-state index in [1.807, 2.05) is 17.0 Å². The normalized spacial score (nSPS) is 15.6. The Kier molecular flexibility index (Phi) is 6.53. The number of pyridine rings is 1. The van der Waals surface area contributed by atoms with Gasteiger partial charge in [-0.1, -0.05) is 19.3 Å². The fourth-order valence-corrected chi connectivity index (χ4v) is 4.95. The van der Waals surface area contributed by atoms with Gasteiger partial charge < -0.3 is 28.8 Å². The molecule has 1 saturated carbocycles. The highest BCUT2D eigenvalue weighted by molar-refractivity contribution is 5.95. The maximum atomic E-state index is 13.8. The Balaban J connectivity index is 1.52. The Bertz CT molecular complexity index is 1270. The Morgan fingerprint density at radius 1 is 0.943 bits per heavy atom. The molecule has 1 fully saturated rings. The molecule has 0 saturated heterocycles.